The number of hydrogen-bond donors (Lipinski definition) is 0. The van der Waals surface area contributed by atoms with Crippen molar-refractivity contribution < 1.29 is 18.8 Å². The van der Waals surface area contributed by atoms with Gasteiger partial charge in [0.05, 0.1) is 12.2 Å². The first-order valence-electron chi connectivity index (χ1n) is 9.44. The highest BCUT2D eigenvalue weighted by molar-refractivity contribution is 5.92. The molecule has 142 valence electrons. The van der Waals surface area contributed by atoms with Crippen molar-refractivity contribution in [2.45, 2.75) is 77.1 Å². The van der Waals surface area contributed by atoms with Gasteiger partial charge in [-0.2, -0.15) is 0 Å². The van der Waals surface area contributed by atoms with Gasteiger partial charge in [0.2, 0.25) is 5.76 Å². The lowest BCUT2D eigenvalue weighted by Gasteiger charge is -2.49. The van der Waals surface area contributed by atoms with E-state index in [-0.39, 0.29) is 41.3 Å². The first-order chi connectivity index (χ1) is 12.2. The predicted octanol–water partition coefficient (Wildman–Crippen LogP) is 3.07. The third-order valence-electron chi connectivity index (χ3n) is 6.18. The molecule has 3 heterocycles. The van der Waals surface area contributed by atoms with Crippen molar-refractivity contribution >= 4 is 12.0 Å². The quantitative estimate of drug-likeness (QED) is 0.768. The number of carbonyl (C=O) groups excluding carboxylic acids is 2. The molecular formula is C19H27N3O4. The molecule has 1 aliphatic carbocycles. The van der Waals surface area contributed by atoms with Gasteiger partial charge in [-0.15, -0.1) is 0 Å². The van der Waals surface area contributed by atoms with Crippen LogP contribution in [0.4, 0.5) is 4.79 Å². The van der Waals surface area contributed by atoms with Crippen molar-refractivity contribution in [2.24, 2.45) is 5.41 Å². The first kappa shape index (κ1) is 17.4. The molecule has 4 rings (SSSR count). The van der Waals surface area contributed by atoms with E-state index in [0.717, 1.165) is 25.7 Å². The van der Waals surface area contributed by atoms with E-state index in [2.05, 4.69) is 12.1 Å². The maximum absolute atomic E-state index is 13.1. The Morgan fingerprint density at radius 3 is 2.69 bits per heavy atom. The molecule has 3 aliphatic rings. The summed E-state index contributed by atoms with van der Waals surface area (Å²) >= 11 is 0. The Morgan fingerprint density at radius 2 is 2.04 bits per heavy atom. The number of amides is 2. The molecule has 1 aromatic heterocycles. The highest BCUT2D eigenvalue weighted by atomic mass is 16.6. The van der Waals surface area contributed by atoms with Crippen molar-refractivity contribution in [1.29, 1.82) is 0 Å². The Balaban J connectivity index is 1.66. The summed E-state index contributed by atoms with van der Waals surface area (Å²) in [5.41, 5.74) is -0.633. The summed E-state index contributed by atoms with van der Waals surface area (Å²) in [6.07, 6.45) is 5.06. The highest BCUT2D eigenvalue weighted by Gasteiger charge is 2.62. The van der Waals surface area contributed by atoms with Crippen LogP contribution >= 0.6 is 0 Å². The van der Waals surface area contributed by atoms with E-state index in [1.165, 1.54) is 6.20 Å². The molecule has 2 aliphatic heterocycles. The molecule has 7 heteroatoms. The topological polar surface area (TPSA) is 75.9 Å². The summed E-state index contributed by atoms with van der Waals surface area (Å²) < 4.78 is 10.8. The van der Waals surface area contributed by atoms with Crippen LogP contribution in [0.25, 0.3) is 0 Å². The van der Waals surface area contributed by atoms with Crippen molar-refractivity contribution in [3.63, 3.8) is 0 Å². The SMILES string of the molecule is CC(C)(C)OC(=O)N1C[C@@H]2C[C@@]3(C)[C@H](CCC[C@@H]13)N2C(=O)c1ccno1. The summed E-state index contributed by atoms with van der Waals surface area (Å²) in [5.74, 6) is 0.153. The van der Waals surface area contributed by atoms with Gasteiger partial charge in [-0.1, -0.05) is 12.1 Å². The van der Waals surface area contributed by atoms with Crippen LogP contribution in [0.1, 0.15) is 63.9 Å². The molecule has 0 N–H and O–H groups in total. The average Bonchev–Trinajstić information content (AvgIpc) is 3.16. The van der Waals surface area contributed by atoms with Gasteiger partial charge in [0.15, 0.2) is 0 Å². The van der Waals surface area contributed by atoms with Crippen molar-refractivity contribution in [1.82, 2.24) is 15.0 Å². The lowest BCUT2D eigenvalue weighted by molar-refractivity contribution is -0.0247. The number of rotatable bonds is 1. The fourth-order valence-electron chi connectivity index (χ4n) is 5.28. The summed E-state index contributed by atoms with van der Waals surface area (Å²) in [6.45, 7) is 8.39. The van der Waals surface area contributed by atoms with E-state index in [1.807, 2.05) is 30.6 Å². The minimum atomic E-state index is -0.530. The second-order valence-electron chi connectivity index (χ2n) is 9.05. The molecule has 3 fully saturated rings. The van der Waals surface area contributed by atoms with Crippen LogP contribution in [-0.2, 0) is 4.74 Å². The number of nitrogens with zero attached hydrogens (tertiary/aromatic N) is 3. The van der Waals surface area contributed by atoms with Gasteiger partial charge in [-0.05, 0) is 46.5 Å². The van der Waals surface area contributed by atoms with Gasteiger partial charge in [-0.25, -0.2) is 4.79 Å². The molecule has 0 spiro atoms. The van der Waals surface area contributed by atoms with E-state index in [4.69, 9.17) is 9.26 Å². The molecule has 0 unspecified atom stereocenters. The Labute approximate surface area is 153 Å². The zero-order valence-electron chi connectivity index (χ0n) is 15.9. The van der Waals surface area contributed by atoms with E-state index in [0.29, 0.717) is 6.54 Å². The molecule has 2 saturated heterocycles. The largest absolute Gasteiger partial charge is 0.444 e. The first-order valence-corrected chi connectivity index (χ1v) is 9.44. The van der Waals surface area contributed by atoms with Crippen LogP contribution < -0.4 is 0 Å². The van der Waals surface area contributed by atoms with Gasteiger partial charge in [0.1, 0.15) is 5.60 Å². The lowest BCUT2D eigenvalue weighted by Crippen LogP contribution is -2.58. The third kappa shape index (κ3) is 2.59. The number of ether oxygens (including phenoxy) is 1. The minimum Gasteiger partial charge on any atom is -0.444 e. The number of likely N-dealkylation sites (tertiary alicyclic amines) is 2. The molecule has 0 radical (unpaired) electrons. The van der Waals surface area contributed by atoms with Gasteiger partial charge in [0.25, 0.3) is 5.91 Å². The van der Waals surface area contributed by atoms with E-state index >= 15 is 0 Å². The second kappa shape index (κ2) is 5.72. The molecule has 1 saturated carbocycles. The summed E-state index contributed by atoms with van der Waals surface area (Å²) in [5, 5.41) is 3.67. The van der Waals surface area contributed by atoms with Crippen LogP contribution in [0.5, 0.6) is 0 Å². The van der Waals surface area contributed by atoms with Gasteiger partial charge in [0, 0.05) is 30.1 Å². The monoisotopic (exact) mass is 361 g/mol. The fraction of sp³-hybridized carbons (Fsp3) is 0.737. The maximum atomic E-state index is 13.1. The van der Waals surface area contributed by atoms with Crippen LogP contribution in [0.2, 0.25) is 0 Å². The molecular weight excluding hydrogens is 334 g/mol. The average molecular weight is 361 g/mol. The Bertz CT molecular complexity index is 711. The van der Waals surface area contributed by atoms with E-state index in [9.17, 15) is 9.59 Å². The lowest BCUT2D eigenvalue weighted by atomic mass is 9.66. The molecule has 4 atom stereocenters. The number of fused-ring (bicyclic) bond motifs is 1. The minimum absolute atomic E-state index is 0.00975. The van der Waals surface area contributed by atoms with Crippen molar-refractivity contribution in [2.75, 3.05) is 6.54 Å². The van der Waals surface area contributed by atoms with Crippen molar-refractivity contribution in [3.8, 4) is 0 Å². The maximum Gasteiger partial charge on any atom is 0.410 e. The summed E-state index contributed by atoms with van der Waals surface area (Å²) in [7, 11) is 0. The van der Waals surface area contributed by atoms with Crippen LogP contribution in [0, 0.1) is 5.41 Å². The van der Waals surface area contributed by atoms with Gasteiger partial charge >= 0.3 is 6.09 Å². The third-order valence-corrected chi connectivity index (χ3v) is 6.18. The standard InChI is InChI=1S/C19H27N3O4/c1-18(2,3)25-17(24)21-11-12-10-19(4)14(21)6-5-7-15(19)22(12)16(23)13-8-9-20-26-13/h8-9,12,14-15H,5-7,10-11H2,1-4H3/t12-,14+,15-,19+/m0/s1. The Kier molecular flexibility index (Phi) is 3.82. The van der Waals surface area contributed by atoms with E-state index in [1.54, 1.807) is 6.07 Å². The fourth-order valence-corrected chi connectivity index (χ4v) is 5.28. The summed E-state index contributed by atoms with van der Waals surface area (Å²) in [4.78, 5) is 29.7. The zero-order valence-corrected chi connectivity index (χ0v) is 15.9. The number of hydrogen-bond acceptors (Lipinski definition) is 5. The summed E-state index contributed by atoms with van der Waals surface area (Å²) in [6, 6.07) is 1.83. The number of carbonyl (C=O) groups is 2. The highest BCUT2D eigenvalue weighted by Crippen LogP contribution is 2.54. The second-order valence-corrected chi connectivity index (χ2v) is 9.05. The Morgan fingerprint density at radius 1 is 1.31 bits per heavy atom. The molecule has 1 aromatic rings. The predicted molar refractivity (Wildman–Crippen MR) is 93.6 cm³/mol. The molecule has 2 bridgehead atoms. The van der Waals surface area contributed by atoms with Gasteiger partial charge in [-0.3, -0.25) is 4.79 Å². The molecule has 0 aromatic carbocycles. The van der Waals surface area contributed by atoms with E-state index < -0.39 is 5.60 Å². The number of aromatic nitrogens is 1. The van der Waals surface area contributed by atoms with Gasteiger partial charge < -0.3 is 19.1 Å². The van der Waals surface area contributed by atoms with Crippen LogP contribution in [0.15, 0.2) is 16.8 Å². The Hall–Kier alpha value is -2.05. The van der Waals surface area contributed by atoms with Crippen LogP contribution in [0.3, 0.4) is 0 Å². The van der Waals surface area contributed by atoms with Crippen LogP contribution in [-0.4, -0.2) is 57.2 Å². The zero-order chi connectivity index (χ0) is 18.7. The van der Waals surface area contributed by atoms with Crippen molar-refractivity contribution in [3.05, 3.63) is 18.0 Å². The normalized spacial score (nSPS) is 33.3. The molecule has 7 nitrogen and oxygen atoms in total. The molecule has 2 amide bonds. The molecule has 26 heavy (non-hydrogen) atoms. The smallest absolute Gasteiger partial charge is 0.410 e. The number of piperidine rings is 1.